The molecule has 8 rings (SSSR count). The van der Waals surface area contributed by atoms with Crippen LogP contribution in [-0.2, 0) is 4.57 Å². The molecule has 0 N–H and O–H groups in total. The summed E-state index contributed by atoms with van der Waals surface area (Å²) in [7, 11) is -2.37. The lowest BCUT2D eigenvalue weighted by atomic mass is 9.92. The zero-order valence-corrected chi connectivity index (χ0v) is 26.6. The Hall–Kier alpha value is -4.89. The van der Waals surface area contributed by atoms with Crippen LogP contribution in [0.25, 0.3) is 76.0 Å². The fourth-order valence-electron chi connectivity index (χ4n) is 6.12. The van der Waals surface area contributed by atoms with Crippen LogP contribution in [0.5, 0.6) is 0 Å². The van der Waals surface area contributed by atoms with Crippen LogP contribution >= 0.6 is 18.5 Å². The van der Waals surface area contributed by atoms with Crippen LogP contribution in [0.1, 0.15) is 0 Å². The van der Waals surface area contributed by atoms with E-state index in [9.17, 15) is 4.57 Å². The molecule has 0 aliphatic carbocycles. The number of hydrogen-bond donors (Lipinski definition) is 0. The van der Waals surface area contributed by atoms with Crippen molar-refractivity contribution in [2.45, 2.75) is 0 Å². The van der Waals surface area contributed by atoms with Gasteiger partial charge in [-0.2, -0.15) is 0 Å². The number of rotatable bonds is 5. The molecule has 0 radical (unpaired) electrons. The zero-order valence-electron chi connectivity index (χ0n) is 24.9. The van der Waals surface area contributed by atoms with E-state index in [0.717, 1.165) is 60.2 Å². The molecule has 0 aliphatic rings. The minimum Gasteiger partial charge on any atom is -0.319 e. The Morgan fingerprint density at radius 3 is 1.84 bits per heavy atom. The smallest absolute Gasteiger partial charge is 0.160 e. The first kappa shape index (κ1) is 27.6. The maximum absolute atomic E-state index is 12.8. The van der Waals surface area contributed by atoms with E-state index < -0.39 is 7.14 Å². The second-order valence-electron chi connectivity index (χ2n) is 11.7. The van der Waals surface area contributed by atoms with Crippen molar-refractivity contribution in [3.63, 3.8) is 0 Å². The molecule has 2 heterocycles. The first-order valence-corrected chi connectivity index (χ1v) is 18.4. The maximum Gasteiger partial charge on any atom is 0.160 e. The van der Waals surface area contributed by atoms with Crippen LogP contribution in [0, 0.1) is 0 Å². The van der Waals surface area contributed by atoms with Crippen molar-refractivity contribution < 1.29 is 4.57 Å². The van der Waals surface area contributed by atoms with E-state index in [4.69, 9.17) is 9.97 Å². The fourth-order valence-corrected chi connectivity index (χ4v) is 8.17. The molecule has 0 saturated carbocycles. The summed E-state index contributed by atoms with van der Waals surface area (Å²) in [6.45, 7) is 3.65. The fraction of sp³-hybridized carbons (Fsp3) is 0.0500. The van der Waals surface area contributed by atoms with E-state index in [1.54, 1.807) is 11.3 Å². The van der Waals surface area contributed by atoms with Gasteiger partial charge in [0.25, 0.3) is 0 Å². The predicted octanol–water partition coefficient (Wildman–Crippen LogP) is 10.9. The molecule has 3 nitrogen and oxygen atoms in total. The Morgan fingerprint density at radius 2 is 1.13 bits per heavy atom. The normalized spacial score (nSPS) is 11.9. The van der Waals surface area contributed by atoms with Crippen molar-refractivity contribution in [2.75, 3.05) is 13.3 Å². The SMILES string of the molecule is CP(C)(=O)c1cccc(-c2ccc(-c3ccc(-c4nc(-c5ccccc5)nc5c4sc4ccccc45)cc3)c3ccccc23)c1. The quantitative estimate of drug-likeness (QED) is 0.181. The van der Waals surface area contributed by atoms with Crippen LogP contribution in [0.3, 0.4) is 0 Å². The number of thiophene rings is 1. The highest BCUT2D eigenvalue weighted by Gasteiger charge is 2.18. The van der Waals surface area contributed by atoms with E-state index in [-0.39, 0.29) is 0 Å². The maximum atomic E-state index is 12.8. The molecule has 0 aliphatic heterocycles. The Kier molecular flexibility index (Phi) is 6.71. The Labute approximate surface area is 266 Å². The molecule has 5 heteroatoms. The summed E-state index contributed by atoms with van der Waals surface area (Å²) in [5.41, 5.74) is 8.57. The number of benzene rings is 6. The van der Waals surface area contributed by atoms with E-state index in [1.165, 1.54) is 21.0 Å². The summed E-state index contributed by atoms with van der Waals surface area (Å²) in [6.07, 6.45) is 0. The molecule has 8 aromatic rings. The van der Waals surface area contributed by atoms with E-state index >= 15 is 0 Å². The largest absolute Gasteiger partial charge is 0.319 e. The average Bonchev–Trinajstić information content (AvgIpc) is 3.46. The third-order valence-electron chi connectivity index (χ3n) is 8.42. The molecule has 0 amide bonds. The first-order valence-electron chi connectivity index (χ1n) is 15.0. The Morgan fingerprint density at radius 1 is 0.533 bits per heavy atom. The molecule has 45 heavy (non-hydrogen) atoms. The molecular formula is C40H29N2OPS. The average molecular weight is 617 g/mol. The summed E-state index contributed by atoms with van der Waals surface area (Å²) in [4.78, 5) is 10.2. The summed E-state index contributed by atoms with van der Waals surface area (Å²) in [5, 5.41) is 4.42. The molecule has 0 saturated heterocycles. The molecule has 0 atom stereocenters. The minimum absolute atomic E-state index is 0.735. The second kappa shape index (κ2) is 10.9. The monoisotopic (exact) mass is 616 g/mol. The number of fused-ring (bicyclic) bond motifs is 4. The summed E-state index contributed by atoms with van der Waals surface area (Å²) in [6, 6.07) is 48.5. The van der Waals surface area contributed by atoms with Gasteiger partial charge in [-0.25, -0.2) is 9.97 Å². The summed E-state index contributed by atoms with van der Waals surface area (Å²) in [5.74, 6) is 0.735. The van der Waals surface area contributed by atoms with Gasteiger partial charge in [-0.05, 0) is 58.5 Å². The summed E-state index contributed by atoms with van der Waals surface area (Å²) >= 11 is 1.75. The van der Waals surface area contributed by atoms with Crippen molar-refractivity contribution in [1.29, 1.82) is 0 Å². The van der Waals surface area contributed by atoms with Crippen molar-refractivity contribution in [1.82, 2.24) is 9.97 Å². The van der Waals surface area contributed by atoms with Crippen LogP contribution in [0.4, 0.5) is 0 Å². The topological polar surface area (TPSA) is 42.9 Å². The third-order valence-corrected chi connectivity index (χ3v) is 11.1. The van der Waals surface area contributed by atoms with Gasteiger partial charge in [-0.15, -0.1) is 11.3 Å². The van der Waals surface area contributed by atoms with Crippen LogP contribution < -0.4 is 5.30 Å². The van der Waals surface area contributed by atoms with E-state index in [1.807, 2.05) is 43.7 Å². The third kappa shape index (κ3) is 4.97. The molecular weight excluding hydrogens is 587 g/mol. The lowest BCUT2D eigenvalue weighted by Gasteiger charge is -2.14. The molecule has 0 bridgehead atoms. The van der Waals surface area contributed by atoms with Gasteiger partial charge in [-0.3, -0.25) is 0 Å². The highest BCUT2D eigenvalue weighted by molar-refractivity contribution is 7.70. The number of aromatic nitrogens is 2. The van der Waals surface area contributed by atoms with Crippen molar-refractivity contribution in [3.05, 3.63) is 140 Å². The number of nitrogens with zero attached hydrogens (tertiary/aromatic N) is 2. The van der Waals surface area contributed by atoms with Crippen LogP contribution in [0.15, 0.2) is 140 Å². The van der Waals surface area contributed by atoms with Gasteiger partial charge in [0.15, 0.2) is 5.82 Å². The zero-order chi connectivity index (χ0) is 30.5. The van der Waals surface area contributed by atoms with Gasteiger partial charge in [0.05, 0.1) is 15.9 Å². The van der Waals surface area contributed by atoms with E-state index in [2.05, 4.69) is 109 Å². The Balaban J connectivity index is 1.25. The molecule has 6 aromatic carbocycles. The van der Waals surface area contributed by atoms with Crippen LogP contribution in [0.2, 0.25) is 0 Å². The van der Waals surface area contributed by atoms with Gasteiger partial charge < -0.3 is 4.57 Å². The highest BCUT2D eigenvalue weighted by atomic mass is 32.1. The first-order chi connectivity index (χ1) is 21.9. The van der Waals surface area contributed by atoms with Gasteiger partial charge >= 0.3 is 0 Å². The standard InChI is InChI=1S/C40H29N2OPS/c1-44(2,43)30-14-10-13-29(25-30)32-24-23-31(33-15-6-7-16-34(32)33)26-19-21-27(22-20-26)37-39-38(35-17-8-9-18-36(35)45-39)42-40(41-37)28-11-4-3-5-12-28/h3-25H,1-2H3. The van der Waals surface area contributed by atoms with Gasteiger partial charge in [0.2, 0.25) is 0 Å². The Bertz CT molecular complexity index is 2420. The lowest BCUT2D eigenvalue weighted by molar-refractivity contribution is 0.588. The van der Waals surface area contributed by atoms with Gasteiger partial charge in [-0.1, -0.05) is 127 Å². The lowest BCUT2D eigenvalue weighted by Crippen LogP contribution is -2.02. The van der Waals surface area contributed by atoms with Crippen molar-refractivity contribution in [2.24, 2.45) is 0 Å². The van der Waals surface area contributed by atoms with Gasteiger partial charge in [0.1, 0.15) is 7.14 Å². The van der Waals surface area contributed by atoms with E-state index in [0.29, 0.717) is 0 Å². The second-order valence-corrected chi connectivity index (χ2v) is 16.0. The predicted molar refractivity (Wildman–Crippen MR) is 193 cm³/mol. The minimum atomic E-state index is -2.37. The van der Waals surface area contributed by atoms with Crippen LogP contribution in [-0.4, -0.2) is 23.3 Å². The van der Waals surface area contributed by atoms with Crippen molar-refractivity contribution >= 4 is 54.9 Å². The highest BCUT2D eigenvalue weighted by Crippen LogP contribution is 2.41. The molecule has 216 valence electrons. The summed E-state index contributed by atoms with van der Waals surface area (Å²) < 4.78 is 15.1. The molecule has 2 aromatic heterocycles. The van der Waals surface area contributed by atoms with Gasteiger partial charge in [0, 0.05) is 26.5 Å². The molecule has 0 spiro atoms. The number of hydrogen-bond acceptors (Lipinski definition) is 4. The van der Waals surface area contributed by atoms with Crippen molar-refractivity contribution in [3.8, 4) is 44.9 Å². The molecule has 0 unspecified atom stereocenters. The molecule has 0 fully saturated rings.